The maximum absolute atomic E-state index is 8.26. The van der Waals surface area contributed by atoms with E-state index in [-0.39, 0.29) is 12.6 Å². The van der Waals surface area contributed by atoms with E-state index in [0.29, 0.717) is 5.92 Å². The molecule has 0 aliphatic heterocycles. The smallest absolute Gasteiger partial charge is 0.0475 e. The standard InChI is InChI=1S/C4H8NO/c5-4-1-3(4)2-6/h3-6H,1-2H2. The van der Waals surface area contributed by atoms with Gasteiger partial charge in [0.2, 0.25) is 0 Å². The quantitative estimate of drug-likeness (QED) is 0.465. The molecule has 0 aromatic heterocycles. The molecule has 2 atom stereocenters. The van der Waals surface area contributed by atoms with Gasteiger partial charge in [0.25, 0.3) is 0 Å². The molecule has 0 bridgehead atoms. The van der Waals surface area contributed by atoms with Crippen LogP contribution in [0.1, 0.15) is 6.42 Å². The van der Waals surface area contributed by atoms with Crippen molar-refractivity contribution in [3.63, 3.8) is 0 Å². The molecule has 0 aromatic carbocycles. The second-order valence-electron chi connectivity index (χ2n) is 1.78. The highest BCUT2D eigenvalue weighted by Gasteiger charge is 2.32. The zero-order chi connectivity index (χ0) is 4.57. The molecule has 0 amide bonds. The van der Waals surface area contributed by atoms with Gasteiger partial charge in [-0.25, -0.2) is 0 Å². The van der Waals surface area contributed by atoms with Gasteiger partial charge in [0.15, 0.2) is 0 Å². The molecule has 1 saturated carbocycles. The van der Waals surface area contributed by atoms with Crippen molar-refractivity contribution in [2.45, 2.75) is 12.5 Å². The number of aliphatic hydroxyl groups excluding tert-OH is 1. The zero-order valence-corrected chi connectivity index (χ0v) is 3.52. The van der Waals surface area contributed by atoms with Crippen molar-refractivity contribution in [3.05, 3.63) is 0 Å². The Kier molecular flexibility index (Phi) is 0.821. The molecule has 2 N–H and O–H groups in total. The Morgan fingerprint density at radius 3 is 2.33 bits per heavy atom. The van der Waals surface area contributed by atoms with Crippen LogP contribution >= 0.6 is 0 Å². The number of hydrogen-bond acceptors (Lipinski definition) is 1. The molecular formula is C4H8NO. The van der Waals surface area contributed by atoms with Gasteiger partial charge < -0.3 is 5.11 Å². The maximum Gasteiger partial charge on any atom is 0.0475 e. The lowest BCUT2D eigenvalue weighted by Crippen LogP contribution is -1.91. The van der Waals surface area contributed by atoms with Crippen LogP contribution in [0.2, 0.25) is 0 Å². The Morgan fingerprint density at radius 1 is 1.83 bits per heavy atom. The first kappa shape index (κ1) is 4.09. The summed E-state index contributed by atoms with van der Waals surface area (Å²) in [7, 11) is 0. The lowest BCUT2D eigenvalue weighted by molar-refractivity contribution is 0.273. The van der Waals surface area contributed by atoms with Crippen LogP contribution < -0.4 is 5.73 Å². The first-order valence-electron chi connectivity index (χ1n) is 2.16. The van der Waals surface area contributed by atoms with Crippen molar-refractivity contribution < 1.29 is 5.11 Å². The normalized spacial score (nSPS) is 43.0. The highest BCUT2D eigenvalue weighted by atomic mass is 16.3. The summed E-state index contributed by atoms with van der Waals surface area (Å²) in [5.74, 6) is 0.324. The van der Waals surface area contributed by atoms with Crippen LogP contribution in [0.4, 0.5) is 0 Å². The predicted octanol–water partition coefficient (Wildman–Crippen LogP) is -0.350. The van der Waals surface area contributed by atoms with E-state index in [4.69, 9.17) is 10.8 Å². The Labute approximate surface area is 37.0 Å². The summed E-state index contributed by atoms with van der Waals surface area (Å²) in [6, 6.07) is 0.0648. The number of rotatable bonds is 1. The summed E-state index contributed by atoms with van der Waals surface area (Å²) in [5, 5.41) is 8.26. The van der Waals surface area contributed by atoms with E-state index < -0.39 is 0 Å². The fourth-order valence-electron chi connectivity index (χ4n) is 0.449. The van der Waals surface area contributed by atoms with Crippen LogP contribution in [0, 0.1) is 5.92 Å². The minimum Gasteiger partial charge on any atom is -0.396 e. The molecule has 1 aliphatic rings. The lowest BCUT2D eigenvalue weighted by atomic mass is 10.4. The zero-order valence-electron chi connectivity index (χ0n) is 3.52. The summed E-state index contributed by atoms with van der Waals surface area (Å²) >= 11 is 0. The third-order valence-corrected chi connectivity index (χ3v) is 1.16. The van der Waals surface area contributed by atoms with Crippen LogP contribution in [0.5, 0.6) is 0 Å². The van der Waals surface area contributed by atoms with Crippen LogP contribution in [-0.2, 0) is 0 Å². The maximum atomic E-state index is 8.26. The monoisotopic (exact) mass is 86.1 g/mol. The SMILES string of the molecule is [NH]C1CC1CO. The molecule has 2 nitrogen and oxygen atoms in total. The molecule has 0 aromatic rings. The van der Waals surface area contributed by atoms with Crippen LogP contribution in [0.25, 0.3) is 0 Å². The van der Waals surface area contributed by atoms with Gasteiger partial charge in [-0.2, -0.15) is 0 Å². The van der Waals surface area contributed by atoms with Gasteiger partial charge >= 0.3 is 0 Å². The van der Waals surface area contributed by atoms with E-state index >= 15 is 0 Å². The number of hydrogen-bond donors (Lipinski definition) is 1. The first-order chi connectivity index (χ1) is 2.84. The van der Waals surface area contributed by atoms with Crippen molar-refractivity contribution in [2.75, 3.05) is 6.61 Å². The van der Waals surface area contributed by atoms with Crippen LogP contribution in [0.15, 0.2) is 0 Å². The molecule has 1 radical (unpaired) electrons. The van der Waals surface area contributed by atoms with E-state index in [2.05, 4.69) is 0 Å². The Morgan fingerprint density at radius 2 is 2.33 bits per heavy atom. The lowest BCUT2D eigenvalue weighted by Gasteiger charge is -1.78. The Hall–Kier alpha value is -0.0800. The minimum absolute atomic E-state index is 0.0648. The third-order valence-electron chi connectivity index (χ3n) is 1.16. The molecule has 0 saturated heterocycles. The predicted molar refractivity (Wildman–Crippen MR) is 22.1 cm³/mol. The summed E-state index contributed by atoms with van der Waals surface area (Å²) in [5.41, 5.74) is 6.89. The van der Waals surface area contributed by atoms with Crippen LogP contribution in [-0.4, -0.2) is 17.8 Å². The summed E-state index contributed by atoms with van der Waals surface area (Å²) in [6.45, 7) is 0.216. The molecule has 0 heterocycles. The molecule has 6 heavy (non-hydrogen) atoms. The van der Waals surface area contributed by atoms with Gasteiger partial charge in [0.1, 0.15) is 0 Å². The van der Waals surface area contributed by atoms with Gasteiger partial charge in [-0.15, -0.1) is 0 Å². The van der Waals surface area contributed by atoms with E-state index in [1.165, 1.54) is 0 Å². The van der Waals surface area contributed by atoms with Gasteiger partial charge in [-0.1, -0.05) is 0 Å². The van der Waals surface area contributed by atoms with E-state index in [1.54, 1.807) is 0 Å². The molecule has 2 heteroatoms. The molecule has 1 rings (SSSR count). The summed E-state index contributed by atoms with van der Waals surface area (Å²) in [6.07, 6.45) is 0.913. The van der Waals surface area contributed by atoms with E-state index in [1.807, 2.05) is 0 Å². The average molecular weight is 86.1 g/mol. The minimum atomic E-state index is 0.0648. The first-order valence-corrected chi connectivity index (χ1v) is 2.16. The van der Waals surface area contributed by atoms with Crippen molar-refractivity contribution in [3.8, 4) is 0 Å². The second-order valence-corrected chi connectivity index (χ2v) is 1.78. The molecule has 2 unspecified atom stereocenters. The highest BCUT2D eigenvalue weighted by Crippen LogP contribution is 2.27. The third kappa shape index (κ3) is 0.533. The topological polar surface area (TPSA) is 44.0 Å². The van der Waals surface area contributed by atoms with Gasteiger partial charge in [-0.05, 0) is 6.42 Å². The van der Waals surface area contributed by atoms with Crippen molar-refractivity contribution in [1.29, 1.82) is 0 Å². The van der Waals surface area contributed by atoms with E-state index in [9.17, 15) is 0 Å². The van der Waals surface area contributed by atoms with Gasteiger partial charge in [-0.3, -0.25) is 5.73 Å². The van der Waals surface area contributed by atoms with Crippen LogP contribution in [0.3, 0.4) is 0 Å². The Bertz CT molecular complexity index is 53.5. The largest absolute Gasteiger partial charge is 0.396 e. The molecule has 0 spiro atoms. The molecule has 1 aliphatic carbocycles. The van der Waals surface area contributed by atoms with E-state index in [0.717, 1.165) is 6.42 Å². The van der Waals surface area contributed by atoms with Crippen molar-refractivity contribution >= 4 is 0 Å². The summed E-state index contributed by atoms with van der Waals surface area (Å²) < 4.78 is 0. The number of aliphatic hydroxyl groups is 1. The summed E-state index contributed by atoms with van der Waals surface area (Å²) in [4.78, 5) is 0. The highest BCUT2D eigenvalue weighted by molar-refractivity contribution is 4.88. The fourth-order valence-corrected chi connectivity index (χ4v) is 0.449. The molecular weight excluding hydrogens is 78.0 g/mol. The average Bonchev–Trinajstić information content (AvgIpc) is 2.19. The van der Waals surface area contributed by atoms with Crippen molar-refractivity contribution in [1.82, 2.24) is 5.73 Å². The van der Waals surface area contributed by atoms with Gasteiger partial charge in [0, 0.05) is 18.6 Å². The van der Waals surface area contributed by atoms with Crippen molar-refractivity contribution in [2.24, 2.45) is 5.92 Å². The molecule has 1 fully saturated rings. The van der Waals surface area contributed by atoms with Gasteiger partial charge in [0.05, 0.1) is 0 Å². The molecule has 35 valence electrons. The second kappa shape index (κ2) is 1.21. The number of nitrogens with one attached hydrogen (secondary N) is 1. The fraction of sp³-hybridized carbons (Fsp3) is 1.00. The Balaban J connectivity index is 2.09.